The highest BCUT2D eigenvalue weighted by atomic mass is 19.4. The first-order chi connectivity index (χ1) is 66.3. The summed E-state index contributed by atoms with van der Waals surface area (Å²) in [6, 6.07) is 21.8. The van der Waals surface area contributed by atoms with Gasteiger partial charge in [0, 0.05) is 119 Å². The molecule has 5 aliphatic carbocycles. The van der Waals surface area contributed by atoms with Crippen molar-refractivity contribution in [1.29, 1.82) is 0 Å². The van der Waals surface area contributed by atoms with E-state index in [2.05, 4.69) is 180 Å². The van der Waals surface area contributed by atoms with Gasteiger partial charge in [0.1, 0.15) is 16.9 Å². The molecule has 27 rings (SSSR count). The maximum atomic E-state index is 14.8. The second-order valence-electron chi connectivity index (χ2n) is 36.4. The lowest BCUT2D eigenvalue weighted by Crippen LogP contribution is -2.29. The lowest BCUT2D eigenvalue weighted by molar-refractivity contribution is -0.141. The maximum Gasteiger partial charge on any atom is 0.433 e. The van der Waals surface area contributed by atoms with E-state index in [1.807, 2.05) is 31.7 Å². The Balaban J connectivity index is 0.0000000960. The van der Waals surface area contributed by atoms with Gasteiger partial charge in [-0.15, -0.1) is 0 Å². The first-order valence-electron chi connectivity index (χ1n) is 46.6. The van der Waals surface area contributed by atoms with Gasteiger partial charge in [-0.2, -0.15) is 77.3 Å². The molecular weight excluding hydrogens is 1740 g/mol. The number of aromatic nitrogens is 25. The van der Waals surface area contributed by atoms with Gasteiger partial charge in [-0.25, -0.2) is 29.3 Å². The smallest absolute Gasteiger partial charge is 0.370 e. The zero-order valence-corrected chi connectivity index (χ0v) is 74.9. The Labute approximate surface area is 769 Å². The fourth-order valence-corrected chi connectivity index (χ4v) is 22.1. The molecule has 21 aromatic rings. The average Bonchev–Trinajstić information content (AvgIpc) is 1.44. The summed E-state index contributed by atoms with van der Waals surface area (Å²) in [7, 11) is 1.53. The molecule has 16 heterocycles. The van der Waals surface area contributed by atoms with Gasteiger partial charge < -0.3 is 10.2 Å². The van der Waals surface area contributed by atoms with Crippen LogP contribution in [0.5, 0.6) is 0 Å². The van der Waals surface area contributed by atoms with Gasteiger partial charge >= 0.3 is 12.4 Å². The highest BCUT2D eigenvalue weighted by molar-refractivity contribution is 6.18. The van der Waals surface area contributed by atoms with Crippen LogP contribution in [0.3, 0.4) is 0 Å². The van der Waals surface area contributed by atoms with Crippen molar-refractivity contribution in [3.8, 4) is 56.3 Å². The van der Waals surface area contributed by atoms with Crippen LogP contribution in [0.4, 0.5) is 36.4 Å². The van der Waals surface area contributed by atoms with Crippen LogP contribution in [0.2, 0.25) is 0 Å². The van der Waals surface area contributed by atoms with E-state index < -0.39 is 23.7 Å². The number of rotatable bonds is 7. The quantitative estimate of drug-likeness (QED) is 0.0660. The molecule has 686 valence electrons. The van der Waals surface area contributed by atoms with Crippen molar-refractivity contribution in [3.05, 3.63) is 212 Å². The molecule has 1 amide bonds. The number of nitrogens with one attached hydrogen (secondary N) is 11. The molecular formula is C101H92F7N27O. The van der Waals surface area contributed by atoms with Crippen LogP contribution in [0.15, 0.2) is 116 Å². The summed E-state index contributed by atoms with van der Waals surface area (Å²) in [5.74, 6) is -0.644. The molecule has 28 nitrogen and oxygen atoms in total. The van der Waals surface area contributed by atoms with Crippen LogP contribution < -0.4 is 10.2 Å². The summed E-state index contributed by atoms with van der Waals surface area (Å²) in [5.41, 5.74) is 30.9. The zero-order valence-electron chi connectivity index (χ0n) is 74.9. The molecule has 6 aliphatic rings. The summed E-state index contributed by atoms with van der Waals surface area (Å²) < 4.78 is 96.5. The van der Waals surface area contributed by atoms with Crippen molar-refractivity contribution < 1.29 is 35.5 Å². The number of halogens is 7. The molecule has 0 spiro atoms. The lowest BCUT2D eigenvalue weighted by Gasteiger charge is -2.31. The Morgan fingerprint density at radius 1 is 0.338 bits per heavy atom. The number of alkyl halides is 6. The molecule has 11 N–H and O–H groups in total. The first-order valence-corrected chi connectivity index (χ1v) is 46.6. The van der Waals surface area contributed by atoms with Gasteiger partial charge in [-0.1, -0.05) is 6.07 Å². The van der Waals surface area contributed by atoms with Crippen LogP contribution in [-0.2, 0) is 76.6 Å². The van der Waals surface area contributed by atoms with Crippen molar-refractivity contribution >= 4 is 132 Å². The molecule has 136 heavy (non-hydrogen) atoms. The second kappa shape index (κ2) is 34.1. The number of hydrogen-bond acceptors (Lipinski definition) is 17. The number of hydrogen-bond donors (Lipinski definition) is 11. The van der Waals surface area contributed by atoms with Crippen molar-refractivity contribution in [2.45, 2.75) is 181 Å². The summed E-state index contributed by atoms with van der Waals surface area (Å²) in [6.07, 6.45) is 27.9. The zero-order chi connectivity index (χ0) is 92.5. The highest BCUT2D eigenvalue weighted by Gasteiger charge is 2.41. The number of carbonyl (C=O) groups excluding carboxylic acids is 1. The van der Waals surface area contributed by atoms with Gasteiger partial charge in [-0.05, 0) is 279 Å². The lowest BCUT2D eigenvalue weighted by atomic mass is 9.85. The average molecular weight is 1830 g/mol. The summed E-state index contributed by atoms with van der Waals surface area (Å²) >= 11 is 0. The van der Waals surface area contributed by atoms with Crippen molar-refractivity contribution in [2.24, 2.45) is 0 Å². The van der Waals surface area contributed by atoms with Gasteiger partial charge in [0.2, 0.25) is 0 Å². The Morgan fingerprint density at radius 2 is 0.750 bits per heavy atom. The number of aromatic amines is 10. The molecule has 1 fully saturated rings. The van der Waals surface area contributed by atoms with Crippen molar-refractivity contribution in [3.63, 3.8) is 0 Å². The van der Waals surface area contributed by atoms with Crippen LogP contribution in [-0.4, -0.2) is 153 Å². The number of benzene rings is 6. The van der Waals surface area contributed by atoms with E-state index in [9.17, 15) is 35.5 Å². The Kier molecular flexibility index (Phi) is 21.3. The van der Waals surface area contributed by atoms with E-state index in [0.717, 1.165) is 259 Å². The fourth-order valence-electron chi connectivity index (χ4n) is 22.1. The minimum Gasteiger partial charge on any atom is -0.370 e. The molecule has 1 aliphatic heterocycles. The monoisotopic (exact) mass is 1830 g/mol. The van der Waals surface area contributed by atoms with Crippen molar-refractivity contribution in [2.75, 3.05) is 25.0 Å². The van der Waals surface area contributed by atoms with Gasteiger partial charge in [0.15, 0.2) is 11.5 Å². The molecule has 6 aromatic carbocycles. The number of carbonyl (C=O) groups is 1. The summed E-state index contributed by atoms with van der Waals surface area (Å²) in [5, 5.41) is 83.4. The predicted octanol–water partition coefficient (Wildman–Crippen LogP) is 21.5. The molecule has 0 bridgehead atoms. The standard InChI is InChI=1S/C23H23F3N6.C21H17N5.C20H17F3N6O.C19H19N5.C18H16FN5/c24-23(25,26)22-16(12-28-31-22)20-14-7-3-2-6-13(14)19-15-11-27-30-17(15)10-18(21(19)29-20)32-8-4-1-5-9-32;1-2-4-15-14(3-1)20-16-11-23-26-18(16)7-8-19(20)24-21(15)12-5-6-17-13(9-12)10-22-25-17;1-24-19(30)17-15-13(27-28-17)7-6-12-14(15)9-4-2-3-5-10(9)16(26-12)11-8-25-29-18(11)20(21,22)23;1-10-14(9-20-22-10)19-13-6-4-3-5-12(13)18-15(21-19)7-8-16-17(18)11(2)23-24-16;1-9-12(7-20-23-9)17-11-5-3-2-4-10(11)16-13-8-21-24-15(13)6-14(19)18(16)22-17/h10-12H,1-9H2,(H,27,30)(H,28,31);5-11H,1-4H2,(H,22,25)(H,23,26);6-8H,2-5H2,1H3,(H,24,30)(H,25,29)(H,27,28);7-9H,3-6H2,1-2H3,(H,20,22)(H,23,24);6-8H,2-5H2,1H3,(H,20,23)(H,21,24). The molecule has 0 unspecified atom stereocenters. The van der Waals surface area contributed by atoms with E-state index in [1.54, 1.807) is 24.5 Å². The number of piperidine rings is 1. The van der Waals surface area contributed by atoms with Gasteiger partial charge in [-0.3, -0.25) is 55.8 Å². The number of fused-ring (bicyclic) bond motifs is 26. The normalized spacial score (nSPS) is 15.0. The summed E-state index contributed by atoms with van der Waals surface area (Å²) in [6.45, 7) is 7.97. The third-order valence-electron chi connectivity index (χ3n) is 28.4. The fraction of sp³-hybridized carbons (Fsp3) is 0.307. The molecule has 15 aromatic heterocycles. The van der Waals surface area contributed by atoms with E-state index in [-0.39, 0.29) is 28.5 Å². The highest BCUT2D eigenvalue weighted by Crippen LogP contribution is 2.49. The number of nitrogens with zero attached hydrogens (tertiary/aromatic N) is 16. The third-order valence-corrected chi connectivity index (χ3v) is 28.4. The Hall–Kier alpha value is -15.2. The van der Waals surface area contributed by atoms with Crippen LogP contribution in [0, 0.1) is 26.6 Å². The first kappa shape index (κ1) is 85.0. The molecule has 0 saturated carbocycles. The van der Waals surface area contributed by atoms with Crippen LogP contribution in [0.1, 0.15) is 178 Å². The topological polar surface area (TPSA) is 384 Å². The Morgan fingerprint density at radius 3 is 1.31 bits per heavy atom. The number of aryl methyl sites for hydroxylation is 8. The minimum absolute atomic E-state index is 0.0365. The molecule has 1 saturated heterocycles. The predicted molar refractivity (Wildman–Crippen MR) is 509 cm³/mol. The minimum atomic E-state index is -4.56. The molecule has 35 heteroatoms. The van der Waals surface area contributed by atoms with Crippen LogP contribution in [0.25, 0.3) is 176 Å². The second-order valence-corrected chi connectivity index (χ2v) is 36.4. The number of amides is 1. The van der Waals surface area contributed by atoms with E-state index in [0.29, 0.717) is 52.6 Å². The third kappa shape index (κ3) is 14.6. The van der Waals surface area contributed by atoms with E-state index in [4.69, 9.17) is 19.9 Å². The number of anilines is 1. The van der Waals surface area contributed by atoms with Gasteiger partial charge in [0.05, 0.1) is 150 Å². The largest absolute Gasteiger partial charge is 0.433 e. The van der Waals surface area contributed by atoms with E-state index in [1.165, 1.54) is 118 Å². The SMILES string of the molecule is CNC(=O)c1n[nH]c2ccc3nc(-c4cn[nH]c4C(F)(F)F)c4c(c3c12)CCCC4.Cc1[nH]ncc1-c1nc2c(F)cc3[nH]ncc3c2c2c1CCCC2.Cc1[nH]ncc1-c1nc2ccc3n[nH]c(C)c3c2c2c1CCCC2.FC(F)(F)c1[nH]ncc1-c1nc2c(N3CCCCC3)cc3[nH]ncc3c2c2c1CCCC2.c1cc2[nH]ncc2cc1-c1nc2ccc3[nH]ncc3c2c2c1CCCC2. The van der Waals surface area contributed by atoms with Gasteiger partial charge in [0.25, 0.3) is 5.91 Å². The Bertz CT molecular complexity index is 8300. The maximum absolute atomic E-state index is 14.8. The van der Waals surface area contributed by atoms with Crippen LogP contribution >= 0.6 is 0 Å². The molecule has 0 atom stereocenters. The van der Waals surface area contributed by atoms with Crippen molar-refractivity contribution in [1.82, 2.24) is 132 Å². The number of pyridine rings is 5. The van der Waals surface area contributed by atoms with E-state index >= 15 is 0 Å². The summed E-state index contributed by atoms with van der Waals surface area (Å²) in [4.78, 5) is 39.2. The molecule has 0 radical (unpaired) electrons. The number of H-pyrrole nitrogens is 10.